The van der Waals surface area contributed by atoms with Gasteiger partial charge in [0.05, 0.1) is 24.4 Å². The minimum atomic E-state index is -3.64. The standard InChI is InChI=1S/C29H38N6O5S/c1-19(2)13-24(18-27(37)34-29-30-11-12-31-29)33-28(38)23-14-21(15-25(17-23)35(4)41(5,39)40)16-26(36)32-20(3)22-9-7-6-8-10-22/h6-12,14-15,17,19-20,24H,13,16,18H2,1-5H3,(H,32,36)(H,33,38)(H2,30,31,34,37)/t20-,24+/m1/s1. The Hall–Kier alpha value is -4.19. The van der Waals surface area contributed by atoms with Gasteiger partial charge in [0.1, 0.15) is 0 Å². The van der Waals surface area contributed by atoms with Crippen molar-refractivity contribution in [3.05, 3.63) is 77.6 Å². The van der Waals surface area contributed by atoms with E-state index in [1.54, 1.807) is 18.3 Å². The molecule has 0 radical (unpaired) electrons. The Kier molecular flexibility index (Phi) is 10.6. The van der Waals surface area contributed by atoms with Crippen LogP contribution in [0, 0.1) is 5.92 Å². The Morgan fingerprint density at radius 1 is 1.00 bits per heavy atom. The van der Waals surface area contributed by atoms with Crippen molar-refractivity contribution in [2.24, 2.45) is 5.92 Å². The number of benzene rings is 2. The van der Waals surface area contributed by atoms with E-state index in [1.807, 2.05) is 51.1 Å². The number of aromatic nitrogens is 2. The molecule has 12 heteroatoms. The number of sulfonamides is 1. The van der Waals surface area contributed by atoms with Gasteiger partial charge in [-0.2, -0.15) is 0 Å². The van der Waals surface area contributed by atoms with E-state index in [2.05, 4.69) is 25.9 Å². The van der Waals surface area contributed by atoms with Gasteiger partial charge in [0.15, 0.2) is 0 Å². The number of nitrogens with one attached hydrogen (secondary N) is 4. The van der Waals surface area contributed by atoms with E-state index in [0.717, 1.165) is 16.1 Å². The van der Waals surface area contributed by atoms with Crippen molar-refractivity contribution in [1.29, 1.82) is 0 Å². The topological polar surface area (TPSA) is 153 Å². The van der Waals surface area contributed by atoms with Gasteiger partial charge in [0, 0.05) is 37.5 Å². The molecule has 0 aliphatic carbocycles. The van der Waals surface area contributed by atoms with E-state index in [1.165, 1.54) is 19.3 Å². The third-order valence-electron chi connectivity index (χ3n) is 6.42. The van der Waals surface area contributed by atoms with Crippen LogP contribution in [0.4, 0.5) is 11.6 Å². The summed E-state index contributed by atoms with van der Waals surface area (Å²) >= 11 is 0. The largest absolute Gasteiger partial charge is 0.349 e. The number of carbonyl (C=O) groups excluding carboxylic acids is 3. The summed E-state index contributed by atoms with van der Waals surface area (Å²) in [7, 11) is -2.26. The van der Waals surface area contributed by atoms with Crippen LogP contribution in [0.15, 0.2) is 60.9 Å². The highest BCUT2D eigenvalue weighted by Crippen LogP contribution is 2.22. The molecule has 3 amide bonds. The molecule has 0 fully saturated rings. The molecule has 0 unspecified atom stereocenters. The van der Waals surface area contributed by atoms with E-state index in [4.69, 9.17) is 0 Å². The number of aromatic amines is 1. The van der Waals surface area contributed by atoms with E-state index < -0.39 is 22.0 Å². The number of hydrogen-bond acceptors (Lipinski definition) is 6. The number of rotatable bonds is 13. The Morgan fingerprint density at radius 3 is 2.32 bits per heavy atom. The second kappa shape index (κ2) is 13.9. The highest BCUT2D eigenvalue weighted by atomic mass is 32.2. The van der Waals surface area contributed by atoms with Crippen molar-refractivity contribution >= 4 is 39.4 Å². The fraction of sp³-hybridized carbons (Fsp3) is 0.379. The predicted octanol–water partition coefficient (Wildman–Crippen LogP) is 3.40. The SMILES string of the molecule is CC(C)C[C@@H](CC(=O)Nc1ncc[nH]1)NC(=O)c1cc(CC(=O)N[C@H](C)c2ccccc2)cc(N(C)S(C)(=O)=O)c1. The Labute approximate surface area is 241 Å². The van der Waals surface area contributed by atoms with Crippen molar-refractivity contribution in [1.82, 2.24) is 20.6 Å². The van der Waals surface area contributed by atoms with Crippen LogP contribution < -0.4 is 20.3 Å². The molecule has 41 heavy (non-hydrogen) atoms. The van der Waals surface area contributed by atoms with Crippen LogP contribution in [0.2, 0.25) is 0 Å². The van der Waals surface area contributed by atoms with Crippen molar-refractivity contribution in [2.75, 3.05) is 22.9 Å². The first-order valence-corrected chi connectivity index (χ1v) is 15.2. The lowest BCUT2D eigenvalue weighted by Gasteiger charge is -2.22. The highest BCUT2D eigenvalue weighted by Gasteiger charge is 2.22. The number of anilines is 2. The zero-order valence-corrected chi connectivity index (χ0v) is 24.8. The normalized spacial score (nSPS) is 12.8. The molecule has 0 spiro atoms. The van der Waals surface area contributed by atoms with E-state index in [0.29, 0.717) is 17.9 Å². The van der Waals surface area contributed by atoms with Gasteiger partial charge in [0.2, 0.25) is 27.8 Å². The number of imidazole rings is 1. The molecule has 0 bridgehead atoms. The summed E-state index contributed by atoms with van der Waals surface area (Å²) in [5.41, 5.74) is 1.84. The van der Waals surface area contributed by atoms with Gasteiger partial charge < -0.3 is 15.6 Å². The third kappa shape index (κ3) is 9.75. The molecule has 1 heterocycles. The monoisotopic (exact) mass is 582 g/mol. The van der Waals surface area contributed by atoms with Crippen LogP contribution in [0.1, 0.15) is 61.1 Å². The van der Waals surface area contributed by atoms with Crippen LogP contribution in [-0.2, 0) is 26.0 Å². The number of amides is 3. The molecule has 4 N–H and O–H groups in total. The summed E-state index contributed by atoms with van der Waals surface area (Å²) in [5, 5.41) is 8.52. The van der Waals surface area contributed by atoms with Crippen molar-refractivity contribution in [2.45, 2.75) is 52.1 Å². The maximum absolute atomic E-state index is 13.4. The lowest BCUT2D eigenvalue weighted by molar-refractivity contribution is -0.121. The predicted molar refractivity (Wildman–Crippen MR) is 159 cm³/mol. The molecule has 11 nitrogen and oxygen atoms in total. The van der Waals surface area contributed by atoms with Crippen molar-refractivity contribution in [3.8, 4) is 0 Å². The average Bonchev–Trinajstić information content (AvgIpc) is 3.40. The molecular weight excluding hydrogens is 544 g/mol. The summed E-state index contributed by atoms with van der Waals surface area (Å²) in [6.07, 6.45) is 4.65. The summed E-state index contributed by atoms with van der Waals surface area (Å²) in [6, 6.07) is 13.4. The van der Waals surface area contributed by atoms with E-state index in [9.17, 15) is 22.8 Å². The smallest absolute Gasteiger partial charge is 0.251 e. The molecule has 1 aromatic heterocycles. The first kappa shape index (κ1) is 31.3. The van der Waals surface area contributed by atoms with Crippen LogP contribution in [0.5, 0.6) is 0 Å². The quantitative estimate of drug-likeness (QED) is 0.242. The van der Waals surface area contributed by atoms with Crippen LogP contribution >= 0.6 is 0 Å². The van der Waals surface area contributed by atoms with Crippen LogP contribution in [0.25, 0.3) is 0 Å². The van der Waals surface area contributed by atoms with Gasteiger partial charge >= 0.3 is 0 Å². The number of H-pyrrole nitrogens is 1. The first-order valence-electron chi connectivity index (χ1n) is 13.3. The number of hydrogen-bond donors (Lipinski definition) is 4. The minimum absolute atomic E-state index is 0.0141. The fourth-order valence-electron chi connectivity index (χ4n) is 4.35. The molecule has 220 valence electrons. The van der Waals surface area contributed by atoms with Crippen LogP contribution in [-0.4, -0.2) is 55.5 Å². The zero-order chi connectivity index (χ0) is 30.2. The maximum Gasteiger partial charge on any atom is 0.251 e. The molecular formula is C29H38N6O5S. The Morgan fingerprint density at radius 2 is 1.71 bits per heavy atom. The number of nitrogens with zero attached hydrogens (tertiary/aromatic N) is 2. The summed E-state index contributed by atoms with van der Waals surface area (Å²) in [5.74, 6) is -0.582. The van der Waals surface area contributed by atoms with E-state index in [-0.39, 0.29) is 47.9 Å². The molecule has 2 atom stereocenters. The van der Waals surface area contributed by atoms with Gasteiger partial charge in [-0.05, 0) is 48.6 Å². The van der Waals surface area contributed by atoms with Crippen molar-refractivity contribution in [3.63, 3.8) is 0 Å². The zero-order valence-electron chi connectivity index (χ0n) is 24.0. The Balaban J connectivity index is 1.82. The molecule has 0 saturated carbocycles. The number of carbonyl (C=O) groups is 3. The summed E-state index contributed by atoms with van der Waals surface area (Å²) < 4.78 is 25.6. The molecule has 0 aliphatic rings. The van der Waals surface area contributed by atoms with Crippen LogP contribution in [0.3, 0.4) is 0 Å². The molecule has 2 aromatic carbocycles. The van der Waals surface area contributed by atoms with Gasteiger partial charge in [-0.15, -0.1) is 0 Å². The average molecular weight is 583 g/mol. The second-order valence-electron chi connectivity index (χ2n) is 10.5. The molecule has 0 saturated heterocycles. The first-order chi connectivity index (χ1) is 19.3. The third-order valence-corrected chi connectivity index (χ3v) is 7.63. The Bertz CT molecular complexity index is 1440. The van der Waals surface area contributed by atoms with Gasteiger partial charge in [-0.1, -0.05) is 44.2 Å². The minimum Gasteiger partial charge on any atom is -0.349 e. The molecule has 3 aromatic rings. The summed E-state index contributed by atoms with van der Waals surface area (Å²) in [6.45, 7) is 5.84. The van der Waals surface area contributed by atoms with Gasteiger partial charge in [0.25, 0.3) is 5.91 Å². The van der Waals surface area contributed by atoms with Gasteiger partial charge in [-0.3, -0.25) is 24.0 Å². The highest BCUT2D eigenvalue weighted by molar-refractivity contribution is 7.92. The van der Waals surface area contributed by atoms with Crippen molar-refractivity contribution < 1.29 is 22.8 Å². The second-order valence-corrected chi connectivity index (χ2v) is 12.5. The van der Waals surface area contributed by atoms with Gasteiger partial charge in [-0.25, -0.2) is 13.4 Å². The summed E-state index contributed by atoms with van der Waals surface area (Å²) in [4.78, 5) is 45.7. The van der Waals surface area contributed by atoms with E-state index >= 15 is 0 Å². The molecule has 3 rings (SSSR count). The molecule has 0 aliphatic heterocycles. The maximum atomic E-state index is 13.4. The lowest BCUT2D eigenvalue weighted by Crippen LogP contribution is -2.39. The fourth-order valence-corrected chi connectivity index (χ4v) is 4.84. The lowest BCUT2D eigenvalue weighted by atomic mass is 9.99.